The van der Waals surface area contributed by atoms with Crippen LogP contribution in [0.25, 0.3) is 0 Å². The molecule has 3 nitrogen and oxygen atoms in total. The molecular weight excluding hydrogens is 164 g/mol. The average molecular weight is 186 g/mol. The molecular formula is C10H22N2O. The second-order valence-electron chi connectivity index (χ2n) is 4.42. The molecule has 0 aromatic rings. The minimum absolute atomic E-state index is 0.0440. The molecule has 2 atom stereocenters. The fraction of sp³-hybridized carbons (Fsp3) is 1.00. The van der Waals surface area contributed by atoms with Crippen molar-refractivity contribution >= 4 is 0 Å². The highest BCUT2D eigenvalue weighted by Crippen LogP contribution is 2.36. The first kappa shape index (κ1) is 11.0. The minimum Gasteiger partial charge on any atom is -0.329 e. The van der Waals surface area contributed by atoms with E-state index in [1.807, 2.05) is 0 Å². The molecule has 1 saturated carbocycles. The largest absolute Gasteiger partial charge is 0.329 e. The van der Waals surface area contributed by atoms with Crippen molar-refractivity contribution in [2.75, 3.05) is 13.1 Å². The Bertz CT molecular complexity index is 163. The summed E-state index contributed by atoms with van der Waals surface area (Å²) in [7, 11) is 0. The standard InChI is InChI=1S/C10H22N2O/c1-9-5-3-4-6-10(9,2)12(13)8-7-11/h9,13H,3-8,11H2,1-2H3. The van der Waals surface area contributed by atoms with E-state index in [9.17, 15) is 5.21 Å². The molecule has 0 aromatic heterocycles. The number of hydrogen-bond acceptors (Lipinski definition) is 3. The Morgan fingerprint density at radius 2 is 2.23 bits per heavy atom. The van der Waals surface area contributed by atoms with Gasteiger partial charge in [0.25, 0.3) is 0 Å². The third kappa shape index (κ3) is 2.22. The first-order valence-electron chi connectivity index (χ1n) is 5.28. The summed E-state index contributed by atoms with van der Waals surface area (Å²) in [5, 5.41) is 11.3. The molecule has 78 valence electrons. The van der Waals surface area contributed by atoms with E-state index in [1.54, 1.807) is 0 Å². The zero-order valence-electron chi connectivity index (χ0n) is 8.79. The van der Waals surface area contributed by atoms with Gasteiger partial charge in [0.05, 0.1) is 0 Å². The van der Waals surface area contributed by atoms with Gasteiger partial charge in [0.15, 0.2) is 0 Å². The first-order valence-corrected chi connectivity index (χ1v) is 5.28. The van der Waals surface area contributed by atoms with Crippen LogP contribution in [0.4, 0.5) is 0 Å². The first-order chi connectivity index (χ1) is 6.11. The molecule has 0 heterocycles. The van der Waals surface area contributed by atoms with Gasteiger partial charge in [-0.2, -0.15) is 5.06 Å². The summed E-state index contributed by atoms with van der Waals surface area (Å²) >= 11 is 0. The van der Waals surface area contributed by atoms with Crippen LogP contribution in [-0.2, 0) is 0 Å². The Kier molecular flexibility index (Phi) is 3.71. The van der Waals surface area contributed by atoms with Gasteiger partial charge < -0.3 is 10.9 Å². The molecule has 1 fully saturated rings. The maximum atomic E-state index is 9.86. The summed E-state index contributed by atoms with van der Waals surface area (Å²) in [5.74, 6) is 0.567. The Labute approximate surface area is 80.9 Å². The van der Waals surface area contributed by atoms with Gasteiger partial charge in [-0.3, -0.25) is 0 Å². The molecule has 0 radical (unpaired) electrons. The molecule has 1 aliphatic rings. The van der Waals surface area contributed by atoms with Gasteiger partial charge in [-0.25, -0.2) is 0 Å². The smallest absolute Gasteiger partial charge is 0.0458 e. The van der Waals surface area contributed by atoms with Gasteiger partial charge in [-0.05, 0) is 25.7 Å². The van der Waals surface area contributed by atoms with Crippen LogP contribution in [-0.4, -0.2) is 28.9 Å². The van der Waals surface area contributed by atoms with E-state index in [-0.39, 0.29) is 5.54 Å². The lowest BCUT2D eigenvalue weighted by Gasteiger charge is -2.44. The van der Waals surface area contributed by atoms with Crippen LogP contribution in [0.1, 0.15) is 39.5 Å². The van der Waals surface area contributed by atoms with E-state index in [0.717, 1.165) is 6.42 Å². The maximum Gasteiger partial charge on any atom is 0.0458 e. The van der Waals surface area contributed by atoms with Crippen LogP contribution in [0.15, 0.2) is 0 Å². The summed E-state index contributed by atoms with van der Waals surface area (Å²) < 4.78 is 0. The summed E-state index contributed by atoms with van der Waals surface area (Å²) in [6.45, 7) is 5.48. The van der Waals surface area contributed by atoms with Crippen LogP contribution >= 0.6 is 0 Å². The number of nitrogens with zero attached hydrogens (tertiary/aromatic N) is 1. The van der Waals surface area contributed by atoms with E-state index < -0.39 is 0 Å². The lowest BCUT2D eigenvalue weighted by Crippen LogP contribution is -2.52. The molecule has 0 spiro atoms. The van der Waals surface area contributed by atoms with E-state index >= 15 is 0 Å². The van der Waals surface area contributed by atoms with Crippen LogP contribution in [0.2, 0.25) is 0 Å². The fourth-order valence-corrected chi connectivity index (χ4v) is 2.25. The summed E-state index contributed by atoms with van der Waals surface area (Å²) in [4.78, 5) is 0. The molecule has 0 aliphatic heterocycles. The monoisotopic (exact) mass is 186 g/mol. The predicted octanol–water partition coefficient (Wildman–Crippen LogP) is 1.61. The molecule has 1 rings (SSSR count). The molecule has 3 heteroatoms. The van der Waals surface area contributed by atoms with Crippen molar-refractivity contribution in [3.63, 3.8) is 0 Å². The van der Waals surface area contributed by atoms with Crippen molar-refractivity contribution in [2.45, 2.75) is 45.1 Å². The second-order valence-corrected chi connectivity index (χ2v) is 4.42. The van der Waals surface area contributed by atoms with Crippen molar-refractivity contribution in [1.82, 2.24) is 5.06 Å². The second kappa shape index (κ2) is 4.40. The lowest BCUT2D eigenvalue weighted by molar-refractivity contribution is -0.192. The Morgan fingerprint density at radius 3 is 2.77 bits per heavy atom. The maximum absolute atomic E-state index is 9.86. The van der Waals surface area contributed by atoms with Gasteiger partial charge in [-0.1, -0.05) is 19.8 Å². The number of hydroxylamine groups is 2. The van der Waals surface area contributed by atoms with Gasteiger partial charge in [0.1, 0.15) is 0 Å². The number of hydrogen-bond donors (Lipinski definition) is 2. The average Bonchev–Trinajstić information content (AvgIpc) is 2.11. The molecule has 0 amide bonds. The molecule has 2 unspecified atom stereocenters. The van der Waals surface area contributed by atoms with Gasteiger partial charge in [-0.15, -0.1) is 0 Å². The number of nitrogens with two attached hydrogens (primary N) is 1. The predicted molar refractivity (Wildman–Crippen MR) is 53.6 cm³/mol. The highest BCUT2D eigenvalue weighted by molar-refractivity contribution is 4.90. The zero-order chi connectivity index (χ0) is 9.90. The van der Waals surface area contributed by atoms with E-state index in [4.69, 9.17) is 5.73 Å². The molecule has 0 bridgehead atoms. The van der Waals surface area contributed by atoms with Crippen molar-refractivity contribution in [3.8, 4) is 0 Å². The van der Waals surface area contributed by atoms with E-state index in [2.05, 4.69) is 13.8 Å². The topological polar surface area (TPSA) is 49.5 Å². The van der Waals surface area contributed by atoms with Crippen LogP contribution < -0.4 is 5.73 Å². The highest BCUT2D eigenvalue weighted by atomic mass is 16.5. The Balaban J connectivity index is 2.59. The van der Waals surface area contributed by atoms with Gasteiger partial charge in [0, 0.05) is 18.6 Å². The zero-order valence-corrected chi connectivity index (χ0v) is 8.79. The summed E-state index contributed by atoms with van der Waals surface area (Å²) in [6.07, 6.45) is 4.83. The van der Waals surface area contributed by atoms with E-state index in [1.165, 1.54) is 24.3 Å². The fourth-order valence-electron chi connectivity index (χ4n) is 2.25. The lowest BCUT2D eigenvalue weighted by atomic mass is 9.74. The van der Waals surface area contributed by atoms with Gasteiger partial charge >= 0.3 is 0 Å². The normalized spacial score (nSPS) is 35.3. The van der Waals surface area contributed by atoms with Crippen molar-refractivity contribution < 1.29 is 5.21 Å². The highest BCUT2D eigenvalue weighted by Gasteiger charge is 2.38. The van der Waals surface area contributed by atoms with Crippen molar-refractivity contribution in [3.05, 3.63) is 0 Å². The Hall–Kier alpha value is -0.120. The third-order valence-corrected chi connectivity index (χ3v) is 3.56. The quantitative estimate of drug-likeness (QED) is 0.658. The molecule has 3 N–H and O–H groups in total. The van der Waals surface area contributed by atoms with Crippen LogP contribution in [0.5, 0.6) is 0 Å². The van der Waals surface area contributed by atoms with Crippen molar-refractivity contribution in [2.24, 2.45) is 11.7 Å². The van der Waals surface area contributed by atoms with Crippen LogP contribution in [0.3, 0.4) is 0 Å². The molecule has 0 saturated heterocycles. The van der Waals surface area contributed by atoms with Crippen LogP contribution in [0, 0.1) is 5.92 Å². The summed E-state index contributed by atoms with van der Waals surface area (Å²) in [5.41, 5.74) is 5.39. The molecule has 0 aromatic carbocycles. The van der Waals surface area contributed by atoms with E-state index in [0.29, 0.717) is 19.0 Å². The molecule has 13 heavy (non-hydrogen) atoms. The third-order valence-electron chi connectivity index (χ3n) is 3.56. The molecule has 1 aliphatic carbocycles. The SMILES string of the molecule is CC1CCCCC1(C)N(O)CCN. The van der Waals surface area contributed by atoms with Crippen molar-refractivity contribution in [1.29, 1.82) is 0 Å². The number of rotatable bonds is 3. The minimum atomic E-state index is -0.0440. The summed E-state index contributed by atoms with van der Waals surface area (Å²) in [6, 6.07) is 0. The Morgan fingerprint density at radius 1 is 1.54 bits per heavy atom. The van der Waals surface area contributed by atoms with Gasteiger partial charge in [0.2, 0.25) is 0 Å².